The number of aromatic nitrogens is 2. The van der Waals surface area contributed by atoms with Crippen LogP contribution in [-0.4, -0.2) is 56.4 Å². The van der Waals surface area contributed by atoms with Crippen LogP contribution < -0.4 is 10.2 Å². The van der Waals surface area contributed by atoms with E-state index in [1.807, 2.05) is 58.9 Å². The Labute approximate surface area is 185 Å². The highest BCUT2D eigenvalue weighted by Crippen LogP contribution is 2.46. The van der Waals surface area contributed by atoms with Crippen molar-refractivity contribution in [1.82, 2.24) is 9.78 Å². The van der Waals surface area contributed by atoms with Crippen molar-refractivity contribution in [2.45, 2.75) is 84.1 Å². The number of hydrogen-bond donors (Lipinski definition) is 4. The van der Waals surface area contributed by atoms with E-state index < -0.39 is 29.7 Å². The van der Waals surface area contributed by atoms with Crippen molar-refractivity contribution in [2.24, 2.45) is 0 Å². The Hall–Kier alpha value is -2.25. The predicted octanol–water partition coefficient (Wildman–Crippen LogP) is 3.61. The van der Waals surface area contributed by atoms with Crippen LogP contribution in [0.5, 0.6) is 5.88 Å². The van der Waals surface area contributed by atoms with E-state index in [0.717, 1.165) is 30.2 Å². The highest BCUT2D eigenvalue weighted by Gasteiger charge is 2.53. The molecule has 1 heterocycles. The van der Waals surface area contributed by atoms with E-state index in [4.69, 9.17) is 0 Å². The lowest BCUT2D eigenvalue weighted by Gasteiger charge is -2.47. The third-order valence-corrected chi connectivity index (χ3v) is 6.24. The third-order valence-electron chi connectivity index (χ3n) is 6.24. The van der Waals surface area contributed by atoms with E-state index >= 15 is 0 Å². The summed E-state index contributed by atoms with van der Waals surface area (Å²) in [5.41, 5.74) is 2.85. The van der Waals surface area contributed by atoms with Gasteiger partial charge in [0.05, 0.1) is 29.5 Å². The largest absolute Gasteiger partial charge is 0.493 e. The molecule has 3 rings (SSSR count). The number of benzene rings is 1. The molecule has 172 valence electrons. The average molecular weight is 431 g/mol. The van der Waals surface area contributed by atoms with Gasteiger partial charge in [0.15, 0.2) is 0 Å². The number of nitrogens with zero attached hydrogens (tertiary/aromatic N) is 3. The summed E-state index contributed by atoms with van der Waals surface area (Å²) < 4.78 is 1.59. The summed E-state index contributed by atoms with van der Waals surface area (Å²) >= 11 is 0. The summed E-state index contributed by atoms with van der Waals surface area (Å²) in [6.45, 7) is 16.0. The molecule has 0 bridgehead atoms. The van der Waals surface area contributed by atoms with Crippen LogP contribution in [0.25, 0.3) is 0 Å². The van der Waals surface area contributed by atoms with Gasteiger partial charge in [-0.2, -0.15) is 5.10 Å². The number of aliphatic hydroxyl groups is 2. The van der Waals surface area contributed by atoms with Crippen LogP contribution in [0.1, 0.15) is 71.6 Å². The van der Waals surface area contributed by atoms with Gasteiger partial charge in [-0.25, -0.2) is 4.68 Å². The van der Waals surface area contributed by atoms with Gasteiger partial charge in [0, 0.05) is 35.9 Å². The molecule has 0 saturated heterocycles. The van der Waals surface area contributed by atoms with Crippen molar-refractivity contribution >= 4 is 11.4 Å². The van der Waals surface area contributed by atoms with Gasteiger partial charge >= 0.3 is 0 Å². The first-order valence-corrected chi connectivity index (χ1v) is 11.3. The van der Waals surface area contributed by atoms with Crippen molar-refractivity contribution < 1.29 is 15.3 Å². The minimum Gasteiger partial charge on any atom is -0.493 e. The average Bonchev–Trinajstić information content (AvgIpc) is 3.06. The first kappa shape index (κ1) is 23.4. The number of anilines is 2. The molecule has 1 aliphatic rings. The van der Waals surface area contributed by atoms with Crippen molar-refractivity contribution in [2.75, 3.05) is 23.3 Å². The zero-order valence-corrected chi connectivity index (χ0v) is 19.8. The lowest BCUT2D eigenvalue weighted by atomic mass is 9.69. The molecule has 1 fully saturated rings. The number of nitrogens with one attached hydrogen (secondary N) is 1. The zero-order chi connectivity index (χ0) is 23.1. The van der Waals surface area contributed by atoms with Crippen LogP contribution in [-0.2, 0) is 5.54 Å². The van der Waals surface area contributed by atoms with E-state index in [-0.39, 0.29) is 11.8 Å². The normalized spacial score (nSPS) is 23.7. The Kier molecular flexibility index (Phi) is 6.58. The van der Waals surface area contributed by atoms with Crippen molar-refractivity contribution in [3.8, 4) is 5.88 Å². The molecule has 0 radical (unpaired) electrons. The Balaban J connectivity index is 1.81. The summed E-state index contributed by atoms with van der Waals surface area (Å²) in [7, 11) is 0. The second-order valence-corrected chi connectivity index (χ2v) is 9.76. The maximum Gasteiger partial charge on any atom is 0.213 e. The Morgan fingerprint density at radius 1 is 1.06 bits per heavy atom. The van der Waals surface area contributed by atoms with Crippen LogP contribution in [0.2, 0.25) is 0 Å². The van der Waals surface area contributed by atoms with Gasteiger partial charge in [-0.15, -0.1) is 0 Å². The molecule has 7 heteroatoms. The molecule has 31 heavy (non-hydrogen) atoms. The van der Waals surface area contributed by atoms with E-state index in [9.17, 15) is 15.3 Å². The number of aromatic hydroxyl groups is 1. The highest BCUT2D eigenvalue weighted by molar-refractivity contribution is 5.56. The molecule has 0 aliphatic heterocycles. The van der Waals surface area contributed by atoms with Gasteiger partial charge in [-0.05, 0) is 64.8 Å². The molecule has 0 amide bonds. The molecule has 2 atom stereocenters. The van der Waals surface area contributed by atoms with Gasteiger partial charge in [-0.3, -0.25) is 0 Å². The fourth-order valence-electron chi connectivity index (χ4n) is 4.42. The lowest BCUT2D eigenvalue weighted by molar-refractivity contribution is -0.0672. The molecule has 4 N–H and O–H groups in total. The van der Waals surface area contributed by atoms with E-state index in [1.54, 1.807) is 4.68 Å². The van der Waals surface area contributed by atoms with E-state index in [2.05, 4.69) is 29.2 Å². The molecule has 1 saturated carbocycles. The molecule has 1 aromatic carbocycles. The lowest BCUT2D eigenvalue weighted by Crippen LogP contribution is -2.61. The van der Waals surface area contributed by atoms with Gasteiger partial charge < -0.3 is 25.5 Å². The van der Waals surface area contributed by atoms with Gasteiger partial charge in [-0.1, -0.05) is 13.8 Å². The molecule has 2 unspecified atom stereocenters. The minimum absolute atomic E-state index is 0.0290. The van der Waals surface area contributed by atoms with Gasteiger partial charge in [0.2, 0.25) is 5.88 Å². The molecule has 1 aromatic heterocycles. The topological polar surface area (TPSA) is 93.8 Å². The van der Waals surface area contributed by atoms with Crippen LogP contribution in [0.3, 0.4) is 0 Å². The first-order valence-electron chi connectivity index (χ1n) is 11.3. The molecular weight excluding hydrogens is 392 g/mol. The third kappa shape index (κ3) is 4.26. The Morgan fingerprint density at radius 3 is 2.06 bits per heavy atom. The SMILES string of the molecule is CCN(CC)c1ccc(NC2C(O)C(c3c(C(C)C)nn(C(C)(C)C)c3O)C2O)cc1. The molecule has 7 nitrogen and oxygen atoms in total. The molecule has 2 aromatic rings. The van der Waals surface area contributed by atoms with Crippen LogP contribution in [0.15, 0.2) is 24.3 Å². The van der Waals surface area contributed by atoms with Crippen molar-refractivity contribution in [3.05, 3.63) is 35.5 Å². The van der Waals surface area contributed by atoms with Crippen molar-refractivity contribution in [3.63, 3.8) is 0 Å². The van der Waals surface area contributed by atoms with Crippen molar-refractivity contribution in [1.29, 1.82) is 0 Å². The van der Waals surface area contributed by atoms with E-state index in [0.29, 0.717) is 5.56 Å². The van der Waals surface area contributed by atoms with Gasteiger partial charge in [0.1, 0.15) is 0 Å². The standard InChI is InChI=1S/C24H38N4O3/c1-8-27(9-2)16-12-10-15(11-13-16)25-20-21(29)18(22(20)30)17-19(14(3)4)26-28(23(17)31)24(5,6)7/h10-14,18,20-22,25,29-31H,8-9H2,1-7H3. The Bertz CT molecular complexity index is 871. The fraction of sp³-hybridized carbons (Fsp3) is 0.625. The van der Waals surface area contributed by atoms with Crippen LogP contribution in [0, 0.1) is 0 Å². The van der Waals surface area contributed by atoms with Crippen LogP contribution in [0.4, 0.5) is 11.4 Å². The van der Waals surface area contributed by atoms with Gasteiger partial charge in [0.25, 0.3) is 0 Å². The highest BCUT2D eigenvalue weighted by atomic mass is 16.3. The summed E-state index contributed by atoms with van der Waals surface area (Å²) in [5.74, 6) is -0.495. The first-order chi connectivity index (χ1) is 14.5. The maximum atomic E-state index is 10.9. The van der Waals surface area contributed by atoms with Crippen LogP contribution >= 0.6 is 0 Å². The zero-order valence-electron chi connectivity index (χ0n) is 19.8. The summed E-state index contributed by atoms with van der Waals surface area (Å²) in [6.07, 6.45) is -1.67. The molecular formula is C24H38N4O3. The summed E-state index contributed by atoms with van der Waals surface area (Å²) in [4.78, 5) is 2.26. The molecule has 0 spiro atoms. The maximum absolute atomic E-state index is 10.9. The van der Waals surface area contributed by atoms with E-state index in [1.165, 1.54) is 0 Å². The second kappa shape index (κ2) is 8.71. The summed E-state index contributed by atoms with van der Waals surface area (Å²) in [5, 5.41) is 40.7. The number of rotatable bonds is 7. The quantitative estimate of drug-likeness (QED) is 0.536. The second-order valence-electron chi connectivity index (χ2n) is 9.76. The fourth-order valence-corrected chi connectivity index (χ4v) is 4.42. The number of hydrogen-bond acceptors (Lipinski definition) is 6. The Morgan fingerprint density at radius 2 is 1.61 bits per heavy atom. The smallest absolute Gasteiger partial charge is 0.213 e. The predicted molar refractivity (Wildman–Crippen MR) is 125 cm³/mol. The molecule has 1 aliphatic carbocycles. The summed E-state index contributed by atoms with van der Waals surface area (Å²) in [6, 6.07) is 7.51. The monoisotopic (exact) mass is 430 g/mol. The minimum atomic E-state index is -0.835. The number of aliphatic hydroxyl groups excluding tert-OH is 2.